The van der Waals surface area contributed by atoms with Gasteiger partial charge in [-0.2, -0.15) is 0 Å². The molecule has 0 aromatic carbocycles. The molecular formula is C70H115NO3. The van der Waals surface area contributed by atoms with E-state index in [9.17, 15) is 15.0 Å². The van der Waals surface area contributed by atoms with Crippen molar-refractivity contribution in [2.75, 3.05) is 6.61 Å². The van der Waals surface area contributed by atoms with Crippen LogP contribution in [0.15, 0.2) is 158 Å². The van der Waals surface area contributed by atoms with Gasteiger partial charge in [0.2, 0.25) is 5.91 Å². The van der Waals surface area contributed by atoms with E-state index in [0.717, 1.165) is 116 Å². The summed E-state index contributed by atoms with van der Waals surface area (Å²) in [6, 6.07) is -0.671. The number of aliphatic hydroxyl groups is 2. The number of aliphatic hydroxyl groups excluding tert-OH is 2. The van der Waals surface area contributed by atoms with E-state index in [4.69, 9.17) is 0 Å². The molecule has 0 saturated heterocycles. The average Bonchev–Trinajstić information content (AvgIpc) is 3.40. The number of nitrogens with one attached hydrogen (secondary N) is 1. The molecule has 0 aliphatic rings. The van der Waals surface area contributed by atoms with Gasteiger partial charge in [0.25, 0.3) is 0 Å². The van der Waals surface area contributed by atoms with Gasteiger partial charge in [0, 0.05) is 6.42 Å². The predicted molar refractivity (Wildman–Crippen MR) is 331 cm³/mol. The molecular weight excluding hydrogens is 903 g/mol. The zero-order chi connectivity index (χ0) is 53.4. The maximum absolute atomic E-state index is 12.5. The molecule has 4 heteroatoms. The second-order valence-corrected chi connectivity index (χ2v) is 20.0. The number of carbonyl (C=O) groups is 1. The van der Waals surface area contributed by atoms with E-state index in [1.165, 1.54) is 122 Å². The first-order valence-electron chi connectivity index (χ1n) is 30.7. The second kappa shape index (κ2) is 63.3. The van der Waals surface area contributed by atoms with E-state index in [0.29, 0.717) is 6.42 Å². The highest BCUT2D eigenvalue weighted by Crippen LogP contribution is 2.15. The van der Waals surface area contributed by atoms with Crippen LogP contribution in [-0.4, -0.2) is 34.9 Å². The van der Waals surface area contributed by atoms with Crippen LogP contribution in [0, 0.1) is 0 Å². The van der Waals surface area contributed by atoms with Crippen molar-refractivity contribution < 1.29 is 15.0 Å². The lowest BCUT2D eigenvalue weighted by Gasteiger charge is -2.19. The summed E-state index contributed by atoms with van der Waals surface area (Å²) >= 11 is 0. The molecule has 0 heterocycles. The lowest BCUT2D eigenvalue weighted by atomic mass is 10.0. The van der Waals surface area contributed by atoms with Crippen molar-refractivity contribution in [3.05, 3.63) is 158 Å². The Labute approximate surface area is 458 Å². The molecule has 4 nitrogen and oxygen atoms in total. The predicted octanol–water partition coefficient (Wildman–Crippen LogP) is 20.9. The monoisotopic (exact) mass is 1020 g/mol. The van der Waals surface area contributed by atoms with E-state index in [-0.39, 0.29) is 12.5 Å². The van der Waals surface area contributed by atoms with Gasteiger partial charge in [0.05, 0.1) is 18.8 Å². The molecule has 0 aliphatic heterocycles. The summed E-state index contributed by atoms with van der Waals surface area (Å²) in [4.78, 5) is 12.5. The Balaban J connectivity index is 3.71. The number of hydrogen-bond donors (Lipinski definition) is 3. The standard InChI is InChI=1S/C70H115NO3/c1-3-5-7-9-11-13-15-17-19-21-23-25-27-29-30-31-32-33-34-35-36-37-38-39-40-42-44-46-48-50-52-54-56-58-60-62-64-66-70(74)71-68(67-72)69(73)65-63-61-59-57-55-53-51-49-47-45-43-41-28-26-24-22-20-18-16-14-12-10-8-6-4-2/h5,7,11,13,17,19,23,25,29-30,32-33,35-36,38-39,42,44,48,50,54-57,63,65,68-69,72-73H,3-4,6,8-10,12,14-16,18,20-22,24,26-28,31,34,37,40-41,43,45-47,49,51-53,58-62,64,66-67H2,1-2H3,(H,71,74)/b7-5-,13-11-,19-17-,25-23-,30-29-,33-32-,36-35-,39-38-,44-42-,50-48-,56-54-,57-55+,65-63+. The topological polar surface area (TPSA) is 69.6 Å². The number of allylic oxidation sites excluding steroid dienone is 25. The second-order valence-electron chi connectivity index (χ2n) is 20.0. The smallest absolute Gasteiger partial charge is 0.220 e. The summed E-state index contributed by atoms with van der Waals surface area (Å²) in [5.41, 5.74) is 0. The minimum Gasteiger partial charge on any atom is -0.394 e. The van der Waals surface area contributed by atoms with Gasteiger partial charge in [-0.05, 0) is 116 Å². The Bertz CT molecular complexity index is 1580. The maximum Gasteiger partial charge on any atom is 0.220 e. The third kappa shape index (κ3) is 58.9. The minimum atomic E-state index is -0.890. The normalized spacial score (nSPS) is 13.9. The first-order valence-corrected chi connectivity index (χ1v) is 30.7. The fraction of sp³-hybridized carbons (Fsp3) is 0.614. The SMILES string of the molecule is CC/C=C\C/C=C\C/C=C\C/C=C\C/C=C\C/C=C\C/C=C\C/C=C\C/C=C\C/C=C\C/C=C\CCCCCC(=O)NC(CO)C(O)/C=C/CC/C=C/CCCCCCCCCCCCCCCCCCCCC. The number of amides is 1. The van der Waals surface area contributed by atoms with Gasteiger partial charge < -0.3 is 15.5 Å². The molecule has 0 fully saturated rings. The molecule has 0 saturated carbocycles. The van der Waals surface area contributed by atoms with E-state index in [2.05, 4.69) is 165 Å². The van der Waals surface area contributed by atoms with Crippen LogP contribution in [-0.2, 0) is 4.79 Å². The molecule has 0 aliphatic carbocycles. The lowest BCUT2D eigenvalue weighted by molar-refractivity contribution is -0.123. The molecule has 0 aromatic heterocycles. The highest BCUT2D eigenvalue weighted by molar-refractivity contribution is 5.76. The van der Waals surface area contributed by atoms with Crippen molar-refractivity contribution >= 4 is 5.91 Å². The van der Waals surface area contributed by atoms with Crippen LogP contribution in [0.3, 0.4) is 0 Å². The molecule has 2 unspecified atom stereocenters. The van der Waals surface area contributed by atoms with Gasteiger partial charge in [0.15, 0.2) is 0 Å². The van der Waals surface area contributed by atoms with Crippen LogP contribution in [0.5, 0.6) is 0 Å². The van der Waals surface area contributed by atoms with E-state index >= 15 is 0 Å². The molecule has 418 valence electrons. The zero-order valence-electron chi connectivity index (χ0n) is 48.0. The van der Waals surface area contributed by atoms with Gasteiger partial charge >= 0.3 is 0 Å². The molecule has 74 heavy (non-hydrogen) atoms. The van der Waals surface area contributed by atoms with Crippen molar-refractivity contribution in [1.82, 2.24) is 5.32 Å². The molecule has 1 amide bonds. The van der Waals surface area contributed by atoms with Crippen LogP contribution >= 0.6 is 0 Å². The Morgan fingerprint density at radius 1 is 0.338 bits per heavy atom. The molecule has 0 rings (SSSR count). The Morgan fingerprint density at radius 3 is 0.946 bits per heavy atom. The Hall–Kier alpha value is -3.99. The summed E-state index contributed by atoms with van der Waals surface area (Å²) < 4.78 is 0. The largest absolute Gasteiger partial charge is 0.394 e. The molecule has 0 spiro atoms. The quantitative estimate of drug-likeness (QED) is 0.0420. The van der Waals surface area contributed by atoms with E-state index in [1.54, 1.807) is 6.08 Å². The van der Waals surface area contributed by atoms with Crippen LogP contribution in [0.2, 0.25) is 0 Å². The van der Waals surface area contributed by atoms with Crippen molar-refractivity contribution in [3.63, 3.8) is 0 Å². The number of unbranched alkanes of at least 4 members (excludes halogenated alkanes) is 23. The van der Waals surface area contributed by atoms with Crippen LogP contribution in [0.1, 0.15) is 258 Å². The third-order valence-electron chi connectivity index (χ3n) is 13.0. The number of carbonyl (C=O) groups excluding carboxylic acids is 1. The van der Waals surface area contributed by atoms with Gasteiger partial charge in [-0.25, -0.2) is 0 Å². The van der Waals surface area contributed by atoms with E-state index in [1.807, 2.05) is 6.08 Å². The summed E-state index contributed by atoms with van der Waals surface area (Å²) in [5, 5.41) is 23.2. The lowest BCUT2D eigenvalue weighted by Crippen LogP contribution is -2.45. The summed E-state index contributed by atoms with van der Waals surface area (Å²) in [6.07, 6.45) is 101. The first-order chi connectivity index (χ1) is 36.7. The first kappa shape index (κ1) is 70.0. The summed E-state index contributed by atoms with van der Waals surface area (Å²) in [6.45, 7) is 4.18. The van der Waals surface area contributed by atoms with Crippen LogP contribution in [0.25, 0.3) is 0 Å². The summed E-state index contributed by atoms with van der Waals surface area (Å²) in [7, 11) is 0. The molecule has 0 bridgehead atoms. The highest BCUT2D eigenvalue weighted by atomic mass is 16.3. The highest BCUT2D eigenvalue weighted by Gasteiger charge is 2.17. The minimum absolute atomic E-state index is 0.111. The van der Waals surface area contributed by atoms with Gasteiger partial charge in [-0.15, -0.1) is 0 Å². The van der Waals surface area contributed by atoms with Crippen LogP contribution < -0.4 is 5.32 Å². The number of hydrogen-bond acceptors (Lipinski definition) is 3. The van der Waals surface area contributed by atoms with Crippen LogP contribution in [0.4, 0.5) is 0 Å². The molecule has 2 atom stereocenters. The molecule has 3 N–H and O–H groups in total. The zero-order valence-corrected chi connectivity index (χ0v) is 48.0. The molecule has 0 radical (unpaired) electrons. The van der Waals surface area contributed by atoms with Crippen molar-refractivity contribution in [1.29, 1.82) is 0 Å². The fourth-order valence-corrected chi connectivity index (χ4v) is 8.38. The number of rotatable bonds is 54. The Morgan fingerprint density at radius 2 is 0.608 bits per heavy atom. The Kier molecular flexibility index (Phi) is 59.9. The maximum atomic E-state index is 12.5. The fourth-order valence-electron chi connectivity index (χ4n) is 8.38. The van der Waals surface area contributed by atoms with Crippen molar-refractivity contribution in [3.8, 4) is 0 Å². The van der Waals surface area contributed by atoms with Gasteiger partial charge in [0.1, 0.15) is 0 Å². The summed E-state index contributed by atoms with van der Waals surface area (Å²) in [5.74, 6) is -0.111. The molecule has 0 aromatic rings. The van der Waals surface area contributed by atoms with Crippen molar-refractivity contribution in [2.45, 2.75) is 270 Å². The van der Waals surface area contributed by atoms with Gasteiger partial charge in [-0.1, -0.05) is 294 Å². The van der Waals surface area contributed by atoms with Crippen molar-refractivity contribution in [2.24, 2.45) is 0 Å². The van der Waals surface area contributed by atoms with Gasteiger partial charge in [-0.3, -0.25) is 4.79 Å². The average molecular weight is 1020 g/mol. The third-order valence-corrected chi connectivity index (χ3v) is 13.0. The van der Waals surface area contributed by atoms with E-state index < -0.39 is 12.1 Å².